The maximum absolute atomic E-state index is 6.04. The molecule has 1 saturated heterocycles. The van der Waals surface area contributed by atoms with Gasteiger partial charge in [0.05, 0.1) is 10.7 Å². The molecule has 1 N–H and O–H groups in total. The van der Waals surface area contributed by atoms with Crippen LogP contribution in [0.5, 0.6) is 0 Å². The monoisotopic (exact) mass is 227 g/mol. The number of rotatable bonds is 3. The predicted molar refractivity (Wildman–Crippen MR) is 65.4 cm³/mol. The first kappa shape index (κ1) is 10.2. The van der Waals surface area contributed by atoms with Gasteiger partial charge in [-0.1, -0.05) is 23.7 Å². The molecule has 1 nitrogen and oxygen atoms in total. The Morgan fingerprint density at radius 3 is 3.00 bits per heavy atom. The molecule has 14 heavy (non-hydrogen) atoms. The van der Waals surface area contributed by atoms with Crippen molar-refractivity contribution in [2.75, 3.05) is 23.4 Å². The number of benzene rings is 1. The Kier molecular flexibility index (Phi) is 3.60. The summed E-state index contributed by atoms with van der Waals surface area (Å²) >= 11 is 8.09. The zero-order valence-corrected chi connectivity index (χ0v) is 9.57. The molecule has 0 aliphatic carbocycles. The van der Waals surface area contributed by atoms with E-state index in [-0.39, 0.29) is 0 Å². The highest BCUT2D eigenvalue weighted by atomic mass is 35.5. The fourth-order valence-electron chi connectivity index (χ4n) is 1.60. The maximum Gasteiger partial charge on any atom is 0.0637 e. The van der Waals surface area contributed by atoms with Gasteiger partial charge in [0.1, 0.15) is 0 Å². The van der Waals surface area contributed by atoms with Crippen LogP contribution in [0.1, 0.15) is 6.42 Å². The van der Waals surface area contributed by atoms with Gasteiger partial charge in [-0.15, -0.1) is 0 Å². The lowest BCUT2D eigenvalue weighted by Crippen LogP contribution is -2.13. The number of para-hydroxylation sites is 1. The highest BCUT2D eigenvalue weighted by Crippen LogP contribution is 2.25. The van der Waals surface area contributed by atoms with Gasteiger partial charge in [0, 0.05) is 6.54 Å². The molecule has 0 saturated carbocycles. The molecular formula is C11H14ClNS. The Hall–Kier alpha value is -0.340. The molecule has 1 heterocycles. The second-order valence-electron chi connectivity index (χ2n) is 3.59. The van der Waals surface area contributed by atoms with E-state index in [9.17, 15) is 0 Å². The van der Waals surface area contributed by atoms with E-state index in [2.05, 4.69) is 5.32 Å². The zero-order chi connectivity index (χ0) is 9.80. The van der Waals surface area contributed by atoms with Gasteiger partial charge in [0.15, 0.2) is 0 Å². The summed E-state index contributed by atoms with van der Waals surface area (Å²) in [5.74, 6) is 3.42. The summed E-state index contributed by atoms with van der Waals surface area (Å²) in [5, 5.41) is 4.23. The minimum Gasteiger partial charge on any atom is -0.384 e. The molecule has 3 heteroatoms. The van der Waals surface area contributed by atoms with Crippen LogP contribution in [-0.4, -0.2) is 18.1 Å². The normalized spacial score (nSPS) is 21.1. The topological polar surface area (TPSA) is 12.0 Å². The van der Waals surface area contributed by atoms with Gasteiger partial charge >= 0.3 is 0 Å². The number of nitrogens with one attached hydrogen (secondary N) is 1. The van der Waals surface area contributed by atoms with E-state index in [1.807, 2.05) is 36.0 Å². The first-order valence-corrected chi connectivity index (χ1v) is 6.45. The molecule has 1 aliphatic heterocycles. The van der Waals surface area contributed by atoms with Crippen molar-refractivity contribution in [3.05, 3.63) is 29.3 Å². The van der Waals surface area contributed by atoms with Crippen molar-refractivity contribution in [2.45, 2.75) is 6.42 Å². The molecule has 1 aliphatic rings. The molecule has 1 aromatic carbocycles. The van der Waals surface area contributed by atoms with Crippen molar-refractivity contribution in [1.82, 2.24) is 0 Å². The van der Waals surface area contributed by atoms with E-state index in [0.29, 0.717) is 0 Å². The smallest absolute Gasteiger partial charge is 0.0637 e. The summed E-state index contributed by atoms with van der Waals surface area (Å²) < 4.78 is 0. The number of hydrogen-bond acceptors (Lipinski definition) is 2. The SMILES string of the molecule is Clc1ccccc1NCC1CCSC1. The van der Waals surface area contributed by atoms with E-state index in [1.54, 1.807) is 0 Å². The Bertz CT molecular complexity index is 297. The van der Waals surface area contributed by atoms with Crippen LogP contribution in [-0.2, 0) is 0 Å². The third-order valence-corrected chi connectivity index (χ3v) is 4.04. The third kappa shape index (κ3) is 2.58. The van der Waals surface area contributed by atoms with Gasteiger partial charge in [0.25, 0.3) is 0 Å². The molecule has 1 unspecified atom stereocenters. The van der Waals surface area contributed by atoms with Gasteiger partial charge in [-0.2, -0.15) is 11.8 Å². The van der Waals surface area contributed by atoms with Crippen molar-refractivity contribution >= 4 is 29.1 Å². The van der Waals surface area contributed by atoms with Crippen LogP contribution in [0.2, 0.25) is 5.02 Å². The fourth-order valence-corrected chi connectivity index (χ4v) is 3.09. The number of thioether (sulfide) groups is 1. The first-order chi connectivity index (χ1) is 6.86. The van der Waals surface area contributed by atoms with Crippen LogP contribution < -0.4 is 5.32 Å². The lowest BCUT2D eigenvalue weighted by atomic mass is 10.1. The molecule has 2 rings (SSSR count). The van der Waals surface area contributed by atoms with Crippen LogP contribution in [0.15, 0.2) is 24.3 Å². The summed E-state index contributed by atoms with van der Waals surface area (Å²) in [7, 11) is 0. The molecule has 0 spiro atoms. The number of hydrogen-bond donors (Lipinski definition) is 1. The van der Waals surface area contributed by atoms with Crippen LogP contribution in [0.25, 0.3) is 0 Å². The summed E-state index contributed by atoms with van der Waals surface area (Å²) in [5.41, 5.74) is 1.06. The van der Waals surface area contributed by atoms with Crippen molar-refractivity contribution in [3.63, 3.8) is 0 Å². The Labute approximate surface area is 94.2 Å². The molecule has 0 bridgehead atoms. The van der Waals surface area contributed by atoms with E-state index >= 15 is 0 Å². The van der Waals surface area contributed by atoms with Crippen LogP contribution in [0, 0.1) is 5.92 Å². The average Bonchev–Trinajstić information content (AvgIpc) is 2.69. The van der Waals surface area contributed by atoms with Gasteiger partial charge in [-0.3, -0.25) is 0 Å². The van der Waals surface area contributed by atoms with E-state index in [4.69, 9.17) is 11.6 Å². The number of halogens is 1. The maximum atomic E-state index is 6.04. The second kappa shape index (κ2) is 4.94. The van der Waals surface area contributed by atoms with Crippen LogP contribution in [0.4, 0.5) is 5.69 Å². The summed E-state index contributed by atoms with van der Waals surface area (Å²) in [6.07, 6.45) is 1.34. The Morgan fingerprint density at radius 1 is 1.43 bits per heavy atom. The summed E-state index contributed by atoms with van der Waals surface area (Å²) in [4.78, 5) is 0. The molecule has 1 aromatic rings. The predicted octanol–water partition coefficient (Wildman–Crippen LogP) is 3.51. The molecule has 0 radical (unpaired) electrons. The van der Waals surface area contributed by atoms with E-state index in [0.717, 1.165) is 23.2 Å². The van der Waals surface area contributed by atoms with Crippen LogP contribution >= 0.6 is 23.4 Å². The van der Waals surface area contributed by atoms with Gasteiger partial charge in [-0.25, -0.2) is 0 Å². The van der Waals surface area contributed by atoms with E-state index < -0.39 is 0 Å². The lowest BCUT2D eigenvalue weighted by molar-refractivity contribution is 0.632. The first-order valence-electron chi connectivity index (χ1n) is 4.92. The van der Waals surface area contributed by atoms with E-state index in [1.165, 1.54) is 17.9 Å². The quantitative estimate of drug-likeness (QED) is 0.848. The molecule has 1 fully saturated rings. The highest BCUT2D eigenvalue weighted by Gasteiger charge is 2.14. The van der Waals surface area contributed by atoms with Crippen molar-refractivity contribution in [2.24, 2.45) is 5.92 Å². The lowest BCUT2D eigenvalue weighted by Gasteiger charge is -2.12. The van der Waals surface area contributed by atoms with Crippen molar-refractivity contribution < 1.29 is 0 Å². The summed E-state index contributed by atoms with van der Waals surface area (Å²) in [6, 6.07) is 7.92. The third-order valence-electron chi connectivity index (χ3n) is 2.48. The Balaban J connectivity index is 1.88. The molecule has 0 aromatic heterocycles. The van der Waals surface area contributed by atoms with Crippen molar-refractivity contribution in [3.8, 4) is 0 Å². The van der Waals surface area contributed by atoms with Gasteiger partial charge in [0.2, 0.25) is 0 Å². The van der Waals surface area contributed by atoms with Gasteiger partial charge in [-0.05, 0) is 36.0 Å². The van der Waals surface area contributed by atoms with Gasteiger partial charge < -0.3 is 5.32 Å². The fraction of sp³-hybridized carbons (Fsp3) is 0.455. The average molecular weight is 228 g/mol. The molecule has 1 atom stereocenters. The molecular weight excluding hydrogens is 214 g/mol. The minimum absolute atomic E-state index is 0.816. The molecule has 76 valence electrons. The second-order valence-corrected chi connectivity index (χ2v) is 5.15. The summed E-state index contributed by atoms with van der Waals surface area (Å²) in [6.45, 7) is 1.05. The van der Waals surface area contributed by atoms with Crippen LogP contribution in [0.3, 0.4) is 0 Å². The zero-order valence-electron chi connectivity index (χ0n) is 8.00. The highest BCUT2D eigenvalue weighted by molar-refractivity contribution is 7.99. The van der Waals surface area contributed by atoms with Crippen molar-refractivity contribution in [1.29, 1.82) is 0 Å². The largest absolute Gasteiger partial charge is 0.384 e. The Morgan fingerprint density at radius 2 is 2.29 bits per heavy atom. The minimum atomic E-state index is 0.816. The number of anilines is 1. The molecule has 0 amide bonds. The standard InChI is InChI=1S/C11H14ClNS/c12-10-3-1-2-4-11(10)13-7-9-5-6-14-8-9/h1-4,9,13H,5-8H2.